The summed E-state index contributed by atoms with van der Waals surface area (Å²) in [6, 6.07) is 6.92. The highest BCUT2D eigenvalue weighted by Gasteiger charge is 2.31. The monoisotopic (exact) mass is 301 g/mol. The van der Waals surface area contributed by atoms with Gasteiger partial charge in [-0.25, -0.2) is 0 Å². The van der Waals surface area contributed by atoms with E-state index in [1.54, 1.807) is 0 Å². The molecule has 3 atom stereocenters. The zero-order chi connectivity index (χ0) is 16.8. The van der Waals surface area contributed by atoms with Crippen LogP contribution in [0, 0.1) is 51.2 Å². The lowest BCUT2D eigenvalue weighted by molar-refractivity contribution is 0.161. The minimum Gasteiger partial charge on any atom is -0.198 e. The van der Waals surface area contributed by atoms with E-state index in [1.807, 2.05) is 13.8 Å². The van der Waals surface area contributed by atoms with Gasteiger partial charge >= 0.3 is 0 Å². The lowest BCUT2D eigenvalue weighted by atomic mass is 9.69. The second-order valence-corrected chi connectivity index (χ2v) is 6.77. The standard InChI is InChI=1S/C19H31N3/c1-4-5-10-19(14-18(3)16-22,11-7-6-8-13-20)12-9-17(2)15-21/h17-18H,4-12,14H2,1-3H3. The number of unbranched alkanes of at least 4 members (excludes halogenated alkanes) is 3. The number of hydrogen-bond donors (Lipinski definition) is 0. The maximum atomic E-state index is 9.21. The van der Waals surface area contributed by atoms with Gasteiger partial charge in [0.15, 0.2) is 0 Å². The largest absolute Gasteiger partial charge is 0.198 e. The van der Waals surface area contributed by atoms with E-state index in [9.17, 15) is 5.26 Å². The number of nitriles is 3. The van der Waals surface area contributed by atoms with Crippen molar-refractivity contribution in [2.24, 2.45) is 17.3 Å². The molecular formula is C19H31N3. The first-order valence-corrected chi connectivity index (χ1v) is 8.69. The van der Waals surface area contributed by atoms with Gasteiger partial charge in [0.1, 0.15) is 0 Å². The molecule has 0 fully saturated rings. The quantitative estimate of drug-likeness (QED) is 0.432. The maximum absolute atomic E-state index is 9.21. The summed E-state index contributed by atoms with van der Waals surface area (Å²) in [4.78, 5) is 0. The van der Waals surface area contributed by atoms with Gasteiger partial charge in [0.25, 0.3) is 0 Å². The minimum atomic E-state index is 0.0604. The molecule has 3 nitrogen and oxygen atoms in total. The molecule has 0 aromatic heterocycles. The molecule has 0 aromatic carbocycles. The summed E-state index contributed by atoms with van der Waals surface area (Å²) in [6.45, 7) is 6.18. The van der Waals surface area contributed by atoms with Crippen LogP contribution in [0.15, 0.2) is 0 Å². The maximum Gasteiger partial charge on any atom is 0.0653 e. The van der Waals surface area contributed by atoms with E-state index in [4.69, 9.17) is 10.5 Å². The summed E-state index contributed by atoms with van der Waals surface area (Å²) in [5, 5.41) is 27.0. The van der Waals surface area contributed by atoms with Crippen molar-refractivity contribution in [3.05, 3.63) is 0 Å². The molecule has 0 aliphatic carbocycles. The van der Waals surface area contributed by atoms with Gasteiger partial charge in [-0.3, -0.25) is 0 Å². The fraction of sp³-hybridized carbons (Fsp3) is 0.842. The van der Waals surface area contributed by atoms with Crippen LogP contribution in [-0.2, 0) is 0 Å². The van der Waals surface area contributed by atoms with Crippen LogP contribution < -0.4 is 0 Å². The summed E-state index contributed by atoms with van der Waals surface area (Å²) in [5.41, 5.74) is 0.172. The molecule has 3 unspecified atom stereocenters. The highest BCUT2D eigenvalue weighted by Crippen LogP contribution is 2.42. The van der Waals surface area contributed by atoms with Gasteiger partial charge in [-0.2, -0.15) is 15.8 Å². The Hall–Kier alpha value is -1.53. The van der Waals surface area contributed by atoms with Crippen LogP contribution in [0.25, 0.3) is 0 Å². The van der Waals surface area contributed by atoms with E-state index in [2.05, 4.69) is 25.1 Å². The van der Waals surface area contributed by atoms with Crippen molar-refractivity contribution in [1.29, 1.82) is 15.8 Å². The summed E-state index contributed by atoms with van der Waals surface area (Å²) in [5.74, 6) is 0.141. The molecule has 0 saturated carbocycles. The SMILES string of the molecule is CCCCC(CCCCC#N)(CCC(C)C#N)CC(C)C#N. The van der Waals surface area contributed by atoms with Crippen LogP contribution >= 0.6 is 0 Å². The van der Waals surface area contributed by atoms with E-state index in [0.29, 0.717) is 6.42 Å². The summed E-state index contributed by atoms with van der Waals surface area (Å²) >= 11 is 0. The second-order valence-electron chi connectivity index (χ2n) is 6.77. The van der Waals surface area contributed by atoms with Gasteiger partial charge in [-0.05, 0) is 57.8 Å². The zero-order valence-corrected chi connectivity index (χ0v) is 14.6. The van der Waals surface area contributed by atoms with E-state index < -0.39 is 0 Å². The van der Waals surface area contributed by atoms with Gasteiger partial charge in [0.2, 0.25) is 0 Å². The molecule has 0 saturated heterocycles. The second kappa shape index (κ2) is 12.1. The van der Waals surface area contributed by atoms with Gasteiger partial charge in [-0.15, -0.1) is 0 Å². The van der Waals surface area contributed by atoms with Gasteiger partial charge in [0, 0.05) is 18.3 Å². The molecule has 22 heavy (non-hydrogen) atoms. The summed E-state index contributed by atoms with van der Waals surface area (Å²) in [7, 11) is 0. The Kier molecular flexibility index (Phi) is 11.2. The molecular weight excluding hydrogens is 270 g/mol. The molecule has 3 heteroatoms. The lowest BCUT2D eigenvalue weighted by Gasteiger charge is -2.36. The molecule has 0 N–H and O–H groups in total. The zero-order valence-electron chi connectivity index (χ0n) is 14.6. The molecule has 0 radical (unpaired) electrons. The van der Waals surface area contributed by atoms with Crippen LogP contribution in [0.1, 0.15) is 85.0 Å². The van der Waals surface area contributed by atoms with Crippen molar-refractivity contribution in [3.8, 4) is 18.2 Å². The molecule has 0 bridgehead atoms. The van der Waals surface area contributed by atoms with Crippen LogP contribution in [0.5, 0.6) is 0 Å². The fourth-order valence-electron chi connectivity index (χ4n) is 3.22. The topological polar surface area (TPSA) is 71.4 Å². The average molecular weight is 301 g/mol. The molecule has 122 valence electrons. The van der Waals surface area contributed by atoms with Crippen LogP contribution in [0.2, 0.25) is 0 Å². The molecule has 0 aliphatic rings. The van der Waals surface area contributed by atoms with Crippen molar-refractivity contribution in [2.45, 2.75) is 85.0 Å². The van der Waals surface area contributed by atoms with E-state index in [-0.39, 0.29) is 17.3 Å². The minimum absolute atomic E-state index is 0.0604. The van der Waals surface area contributed by atoms with Crippen LogP contribution in [0.4, 0.5) is 0 Å². The first-order valence-electron chi connectivity index (χ1n) is 8.69. The van der Waals surface area contributed by atoms with Crippen molar-refractivity contribution in [1.82, 2.24) is 0 Å². The van der Waals surface area contributed by atoms with Crippen LogP contribution in [0.3, 0.4) is 0 Å². The Morgan fingerprint density at radius 1 is 0.864 bits per heavy atom. The normalized spacial score (nSPS) is 15.8. The molecule has 0 aromatic rings. The fourth-order valence-corrected chi connectivity index (χ4v) is 3.22. The van der Waals surface area contributed by atoms with Gasteiger partial charge in [-0.1, -0.05) is 26.2 Å². The Morgan fingerprint density at radius 3 is 2.05 bits per heavy atom. The molecule has 0 amide bonds. The Labute approximate surface area is 136 Å². The molecule has 0 rings (SSSR count). The van der Waals surface area contributed by atoms with Crippen molar-refractivity contribution in [2.75, 3.05) is 0 Å². The van der Waals surface area contributed by atoms with Gasteiger partial charge in [0.05, 0.1) is 18.2 Å². The molecule has 0 aliphatic heterocycles. The first-order chi connectivity index (χ1) is 10.5. The van der Waals surface area contributed by atoms with Crippen molar-refractivity contribution in [3.63, 3.8) is 0 Å². The summed E-state index contributed by atoms with van der Waals surface area (Å²) < 4.78 is 0. The third kappa shape index (κ3) is 8.69. The molecule has 0 spiro atoms. The van der Waals surface area contributed by atoms with Crippen molar-refractivity contribution >= 4 is 0 Å². The third-order valence-corrected chi connectivity index (χ3v) is 4.59. The van der Waals surface area contributed by atoms with E-state index in [1.165, 1.54) is 6.42 Å². The highest BCUT2D eigenvalue weighted by atomic mass is 14.4. The summed E-state index contributed by atoms with van der Waals surface area (Å²) in [6.07, 6.45) is 10.0. The van der Waals surface area contributed by atoms with Crippen LogP contribution in [-0.4, -0.2) is 0 Å². The van der Waals surface area contributed by atoms with Gasteiger partial charge < -0.3 is 0 Å². The van der Waals surface area contributed by atoms with E-state index in [0.717, 1.165) is 51.4 Å². The number of nitrogens with zero attached hydrogens (tertiary/aromatic N) is 3. The van der Waals surface area contributed by atoms with E-state index >= 15 is 0 Å². The smallest absolute Gasteiger partial charge is 0.0653 e. The Morgan fingerprint density at radius 2 is 1.50 bits per heavy atom. The molecule has 0 heterocycles. The number of hydrogen-bond acceptors (Lipinski definition) is 3. The lowest BCUT2D eigenvalue weighted by Crippen LogP contribution is -2.24. The average Bonchev–Trinajstić information content (AvgIpc) is 2.54. The number of rotatable bonds is 12. The Balaban J connectivity index is 4.92. The Bertz CT molecular complexity index is 410. The first kappa shape index (κ1) is 20.5. The van der Waals surface area contributed by atoms with Crippen molar-refractivity contribution < 1.29 is 0 Å². The third-order valence-electron chi connectivity index (χ3n) is 4.59. The highest BCUT2D eigenvalue weighted by molar-refractivity contribution is 4.90. The predicted octanol–water partition coefficient (Wildman–Crippen LogP) is 5.74. The predicted molar refractivity (Wildman–Crippen MR) is 89.4 cm³/mol.